The number of nitrogen functional groups attached to an aromatic ring is 1. The molecule has 0 radical (unpaired) electrons. The second kappa shape index (κ2) is 4.37. The molecule has 3 N–H and O–H groups in total. The number of hydrogen-bond acceptors (Lipinski definition) is 3. The number of para-hydroxylation sites is 2. The average Bonchev–Trinajstić information content (AvgIpc) is 2.66. The van der Waals surface area contributed by atoms with E-state index in [0.717, 1.165) is 5.69 Å². The Morgan fingerprint density at radius 1 is 1.41 bits per heavy atom. The molecule has 1 aromatic heterocycles. The molecule has 0 saturated heterocycles. The maximum absolute atomic E-state index is 12.0. The number of ether oxygens (including phenoxy) is 1. The van der Waals surface area contributed by atoms with Crippen molar-refractivity contribution < 1.29 is 4.74 Å². The molecule has 1 aromatic carbocycles. The first-order chi connectivity index (χ1) is 8.19. The summed E-state index contributed by atoms with van der Waals surface area (Å²) in [6.45, 7) is 1.94. The number of rotatable bonds is 3. The van der Waals surface area contributed by atoms with Gasteiger partial charge >= 0.3 is 0 Å². The monoisotopic (exact) mass is 233 g/mol. The average molecular weight is 233 g/mol. The molecule has 5 nitrogen and oxygen atoms in total. The van der Waals surface area contributed by atoms with E-state index in [1.54, 1.807) is 19.2 Å². The predicted molar refractivity (Wildman–Crippen MR) is 66.7 cm³/mol. The van der Waals surface area contributed by atoms with Gasteiger partial charge in [0.1, 0.15) is 17.1 Å². The summed E-state index contributed by atoms with van der Waals surface area (Å²) < 4.78 is 6.63. The molecule has 0 spiro atoms. The Bertz CT molecular complexity index is 584. The van der Waals surface area contributed by atoms with Gasteiger partial charge in [0.2, 0.25) is 0 Å². The molecule has 0 saturated carbocycles. The fourth-order valence-corrected chi connectivity index (χ4v) is 1.75. The Balaban J connectivity index is 2.65. The van der Waals surface area contributed by atoms with Crippen LogP contribution in [0.4, 0.5) is 5.69 Å². The van der Waals surface area contributed by atoms with E-state index in [2.05, 4.69) is 5.10 Å². The van der Waals surface area contributed by atoms with Crippen molar-refractivity contribution in [1.82, 2.24) is 9.78 Å². The Morgan fingerprint density at radius 2 is 2.12 bits per heavy atom. The first-order valence-corrected chi connectivity index (χ1v) is 5.41. The van der Waals surface area contributed by atoms with E-state index in [4.69, 9.17) is 10.5 Å². The lowest BCUT2D eigenvalue weighted by atomic mass is 10.3. The van der Waals surface area contributed by atoms with Crippen LogP contribution in [0.5, 0.6) is 5.75 Å². The molecule has 2 rings (SSSR count). The van der Waals surface area contributed by atoms with Gasteiger partial charge in [-0.05, 0) is 18.6 Å². The summed E-state index contributed by atoms with van der Waals surface area (Å²) >= 11 is 0. The Morgan fingerprint density at radius 3 is 2.71 bits per heavy atom. The fourth-order valence-electron chi connectivity index (χ4n) is 1.75. The second-order valence-electron chi connectivity index (χ2n) is 3.67. The molecule has 0 aliphatic carbocycles. The number of methoxy groups -OCH3 is 1. The van der Waals surface area contributed by atoms with E-state index in [1.165, 1.54) is 4.68 Å². The minimum Gasteiger partial charge on any atom is -0.494 e. The van der Waals surface area contributed by atoms with E-state index < -0.39 is 0 Å². The predicted octanol–water partition coefficient (Wildman–Crippen LogP) is 1.32. The molecule has 0 aliphatic heterocycles. The molecular formula is C12H15N3O2. The summed E-state index contributed by atoms with van der Waals surface area (Å²) in [5, 5.41) is 2.99. The fraction of sp³-hybridized carbons (Fsp3) is 0.250. The zero-order valence-electron chi connectivity index (χ0n) is 9.86. The number of nitrogens with two attached hydrogens (primary N) is 1. The van der Waals surface area contributed by atoms with E-state index in [0.29, 0.717) is 17.9 Å². The Labute approximate surface area is 98.8 Å². The van der Waals surface area contributed by atoms with Crippen molar-refractivity contribution in [2.75, 3.05) is 12.8 Å². The number of hydrogen-bond donors (Lipinski definition) is 2. The maximum Gasteiger partial charge on any atom is 0.294 e. The molecule has 0 amide bonds. The number of aryl methyl sites for hydroxylation is 1. The van der Waals surface area contributed by atoms with Crippen LogP contribution in [0.1, 0.15) is 12.6 Å². The van der Waals surface area contributed by atoms with Crippen LogP contribution in [0.2, 0.25) is 0 Å². The highest BCUT2D eigenvalue weighted by molar-refractivity contribution is 5.50. The minimum atomic E-state index is -0.244. The largest absolute Gasteiger partial charge is 0.494 e. The lowest BCUT2D eigenvalue weighted by Gasteiger charge is -2.07. The zero-order chi connectivity index (χ0) is 12.4. The van der Waals surface area contributed by atoms with Crippen molar-refractivity contribution in [1.29, 1.82) is 0 Å². The quantitative estimate of drug-likeness (QED) is 0.839. The molecule has 17 heavy (non-hydrogen) atoms. The summed E-state index contributed by atoms with van der Waals surface area (Å²) in [4.78, 5) is 12.0. The standard InChI is InChI=1S/C12H15N3O2/c1-3-8-11(13)12(16)15(14-8)9-6-4-5-7-10(9)17-2/h4-7,14H,3,13H2,1-2H3. The number of aromatic amines is 1. The number of benzene rings is 1. The van der Waals surface area contributed by atoms with Gasteiger partial charge in [-0.25, -0.2) is 4.68 Å². The van der Waals surface area contributed by atoms with E-state index in [1.807, 2.05) is 19.1 Å². The van der Waals surface area contributed by atoms with Gasteiger partial charge in [-0.3, -0.25) is 9.89 Å². The van der Waals surface area contributed by atoms with E-state index in [-0.39, 0.29) is 11.2 Å². The molecule has 2 aromatic rings. The minimum absolute atomic E-state index is 0.244. The normalized spacial score (nSPS) is 10.5. The molecular weight excluding hydrogens is 218 g/mol. The molecule has 90 valence electrons. The van der Waals surface area contributed by atoms with Crippen molar-refractivity contribution in [2.24, 2.45) is 0 Å². The number of anilines is 1. The topological polar surface area (TPSA) is 73.0 Å². The lowest BCUT2D eigenvalue weighted by molar-refractivity contribution is 0.411. The van der Waals surface area contributed by atoms with Crippen molar-refractivity contribution in [3.8, 4) is 11.4 Å². The van der Waals surface area contributed by atoms with Crippen LogP contribution in [0.15, 0.2) is 29.1 Å². The highest BCUT2D eigenvalue weighted by Crippen LogP contribution is 2.21. The summed E-state index contributed by atoms with van der Waals surface area (Å²) in [7, 11) is 1.57. The number of nitrogens with zero attached hydrogens (tertiary/aromatic N) is 1. The summed E-state index contributed by atoms with van der Waals surface area (Å²) in [5.41, 5.74) is 7.15. The van der Waals surface area contributed by atoms with Crippen LogP contribution in [-0.4, -0.2) is 16.9 Å². The number of H-pyrrole nitrogens is 1. The molecule has 0 aliphatic rings. The number of aromatic nitrogens is 2. The van der Waals surface area contributed by atoms with Gasteiger partial charge in [0.25, 0.3) is 5.56 Å². The molecule has 0 fully saturated rings. The van der Waals surface area contributed by atoms with E-state index in [9.17, 15) is 4.79 Å². The highest BCUT2D eigenvalue weighted by Gasteiger charge is 2.13. The summed E-state index contributed by atoms with van der Waals surface area (Å²) in [6, 6.07) is 7.29. The third-order valence-corrected chi connectivity index (χ3v) is 2.69. The van der Waals surface area contributed by atoms with E-state index >= 15 is 0 Å². The van der Waals surface area contributed by atoms with Crippen molar-refractivity contribution in [2.45, 2.75) is 13.3 Å². The third kappa shape index (κ3) is 1.80. The maximum atomic E-state index is 12.0. The Hall–Kier alpha value is -2.17. The van der Waals surface area contributed by atoms with Crippen LogP contribution in [-0.2, 0) is 6.42 Å². The van der Waals surface area contributed by atoms with Gasteiger partial charge in [-0.2, -0.15) is 0 Å². The second-order valence-corrected chi connectivity index (χ2v) is 3.67. The van der Waals surface area contributed by atoms with Crippen LogP contribution < -0.4 is 16.0 Å². The van der Waals surface area contributed by atoms with Crippen LogP contribution in [0.3, 0.4) is 0 Å². The number of nitrogens with one attached hydrogen (secondary N) is 1. The highest BCUT2D eigenvalue weighted by atomic mass is 16.5. The first kappa shape index (κ1) is 11.3. The van der Waals surface area contributed by atoms with Gasteiger partial charge in [-0.1, -0.05) is 19.1 Å². The van der Waals surface area contributed by atoms with Crippen molar-refractivity contribution in [3.05, 3.63) is 40.3 Å². The first-order valence-electron chi connectivity index (χ1n) is 5.41. The SMILES string of the molecule is CCc1[nH]n(-c2ccccc2OC)c(=O)c1N. The molecule has 0 atom stereocenters. The third-order valence-electron chi connectivity index (χ3n) is 2.69. The van der Waals surface area contributed by atoms with Crippen molar-refractivity contribution >= 4 is 5.69 Å². The smallest absolute Gasteiger partial charge is 0.294 e. The summed E-state index contributed by atoms with van der Waals surface area (Å²) in [5.74, 6) is 0.624. The summed E-state index contributed by atoms with van der Waals surface area (Å²) in [6.07, 6.45) is 0.684. The van der Waals surface area contributed by atoms with Crippen LogP contribution in [0, 0.1) is 0 Å². The van der Waals surface area contributed by atoms with Crippen LogP contribution in [0.25, 0.3) is 5.69 Å². The van der Waals surface area contributed by atoms with Gasteiger partial charge in [0.05, 0.1) is 12.8 Å². The van der Waals surface area contributed by atoms with Crippen molar-refractivity contribution in [3.63, 3.8) is 0 Å². The molecule has 1 heterocycles. The Kier molecular flexibility index (Phi) is 2.91. The lowest BCUT2D eigenvalue weighted by Crippen LogP contribution is -2.17. The van der Waals surface area contributed by atoms with Crippen LogP contribution >= 0.6 is 0 Å². The van der Waals surface area contributed by atoms with Gasteiger partial charge in [0.15, 0.2) is 0 Å². The zero-order valence-corrected chi connectivity index (χ0v) is 9.86. The van der Waals surface area contributed by atoms with Gasteiger partial charge in [0, 0.05) is 0 Å². The molecule has 0 unspecified atom stereocenters. The van der Waals surface area contributed by atoms with Gasteiger partial charge < -0.3 is 10.5 Å². The van der Waals surface area contributed by atoms with Gasteiger partial charge in [-0.15, -0.1) is 0 Å². The molecule has 5 heteroatoms. The molecule has 0 bridgehead atoms.